The highest BCUT2D eigenvalue weighted by Crippen LogP contribution is 2.36. The summed E-state index contributed by atoms with van der Waals surface area (Å²) in [4.78, 5) is 16.2. The highest BCUT2D eigenvalue weighted by molar-refractivity contribution is 6.30. The van der Waals surface area contributed by atoms with E-state index in [1.165, 1.54) is 5.56 Å². The molecule has 1 aliphatic carbocycles. The van der Waals surface area contributed by atoms with Crippen molar-refractivity contribution >= 4 is 23.2 Å². The lowest BCUT2D eigenvalue weighted by Crippen LogP contribution is -2.20. The van der Waals surface area contributed by atoms with Gasteiger partial charge in [-0.25, -0.2) is 0 Å². The van der Waals surface area contributed by atoms with Gasteiger partial charge in [-0.05, 0) is 79.5 Å². The summed E-state index contributed by atoms with van der Waals surface area (Å²) < 4.78 is 0. The first-order valence-electron chi connectivity index (χ1n) is 8.16. The molecule has 0 unspecified atom stereocenters. The Morgan fingerprint density at radius 3 is 2.35 bits per heavy atom. The van der Waals surface area contributed by atoms with Crippen molar-refractivity contribution in [1.29, 1.82) is 0 Å². The van der Waals surface area contributed by atoms with Crippen LogP contribution < -0.4 is 5.32 Å². The molecule has 0 atom stereocenters. The number of halogens is 1. The topological polar surface area (TPSA) is 42.0 Å². The number of anilines is 1. The molecule has 23 heavy (non-hydrogen) atoms. The second kappa shape index (κ2) is 7.60. The van der Waals surface area contributed by atoms with Crippen LogP contribution in [0.15, 0.2) is 48.8 Å². The Bertz CT molecular complexity index is 634. The summed E-state index contributed by atoms with van der Waals surface area (Å²) in [7, 11) is 0. The molecule has 1 fully saturated rings. The predicted molar refractivity (Wildman–Crippen MR) is 93.6 cm³/mol. The van der Waals surface area contributed by atoms with Crippen molar-refractivity contribution in [2.45, 2.75) is 38.0 Å². The second-order valence-electron chi connectivity index (χ2n) is 6.26. The maximum absolute atomic E-state index is 12.2. The fourth-order valence-electron chi connectivity index (χ4n) is 3.34. The third kappa shape index (κ3) is 4.55. The third-order valence-electron chi connectivity index (χ3n) is 4.63. The van der Waals surface area contributed by atoms with Gasteiger partial charge in [-0.1, -0.05) is 11.6 Å². The van der Waals surface area contributed by atoms with Crippen molar-refractivity contribution in [3.05, 3.63) is 59.4 Å². The molecule has 0 spiro atoms. The van der Waals surface area contributed by atoms with Crippen molar-refractivity contribution in [3.8, 4) is 0 Å². The van der Waals surface area contributed by atoms with Gasteiger partial charge in [-0.15, -0.1) is 0 Å². The van der Waals surface area contributed by atoms with Gasteiger partial charge in [0, 0.05) is 29.5 Å². The van der Waals surface area contributed by atoms with E-state index in [-0.39, 0.29) is 5.91 Å². The summed E-state index contributed by atoms with van der Waals surface area (Å²) in [6.45, 7) is 0. The minimum absolute atomic E-state index is 0.0969. The van der Waals surface area contributed by atoms with Gasteiger partial charge >= 0.3 is 0 Å². The van der Waals surface area contributed by atoms with Gasteiger partial charge in [0.05, 0.1) is 0 Å². The number of hydrogen-bond acceptors (Lipinski definition) is 2. The molecule has 1 aromatic heterocycles. The Labute approximate surface area is 142 Å². The quantitative estimate of drug-likeness (QED) is 0.854. The van der Waals surface area contributed by atoms with E-state index in [9.17, 15) is 4.79 Å². The molecule has 2 aromatic rings. The number of benzene rings is 1. The molecule has 1 saturated carbocycles. The lowest BCUT2D eigenvalue weighted by Gasteiger charge is -2.28. The largest absolute Gasteiger partial charge is 0.326 e. The van der Waals surface area contributed by atoms with E-state index >= 15 is 0 Å². The van der Waals surface area contributed by atoms with E-state index in [1.807, 2.05) is 24.5 Å². The molecule has 120 valence electrons. The van der Waals surface area contributed by atoms with Crippen molar-refractivity contribution in [2.24, 2.45) is 5.92 Å². The molecular weight excluding hydrogens is 308 g/mol. The maximum Gasteiger partial charge on any atom is 0.224 e. The number of amides is 1. The van der Waals surface area contributed by atoms with Crippen molar-refractivity contribution in [1.82, 2.24) is 4.98 Å². The van der Waals surface area contributed by atoms with E-state index < -0.39 is 0 Å². The molecule has 0 radical (unpaired) electrons. The Hall–Kier alpha value is -1.87. The highest BCUT2D eigenvalue weighted by Gasteiger charge is 2.24. The maximum atomic E-state index is 12.2. The molecular formula is C19H21ClN2O. The summed E-state index contributed by atoms with van der Waals surface area (Å²) >= 11 is 5.85. The van der Waals surface area contributed by atoms with Crippen LogP contribution in [0.25, 0.3) is 0 Å². The summed E-state index contributed by atoms with van der Waals surface area (Å²) in [6.07, 6.45) is 8.86. The van der Waals surface area contributed by atoms with Crippen LogP contribution in [0.2, 0.25) is 5.02 Å². The molecule has 0 bridgehead atoms. The molecule has 0 saturated heterocycles. The van der Waals surface area contributed by atoms with Crippen LogP contribution in [0.4, 0.5) is 5.69 Å². The highest BCUT2D eigenvalue weighted by atomic mass is 35.5. The first kappa shape index (κ1) is 16.0. The summed E-state index contributed by atoms with van der Waals surface area (Å²) in [5, 5.41) is 3.63. The van der Waals surface area contributed by atoms with Crippen molar-refractivity contribution < 1.29 is 4.79 Å². The molecule has 1 heterocycles. The number of carbonyl (C=O) groups excluding carboxylic acids is 1. The summed E-state index contributed by atoms with van der Waals surface area (Å²) in [6, 6.07) is 11.5. The zero-order chi connectivity index (χ0) is 16.1. The SMILES string of the molecule is O=C(CC1CCC(c2ccncc2)CC1)Nc1ccc(Cl)cc1. The molecule has 1 amide bonds. The van der Waals surface area contributed by atoms with Gasteiger partial charge in [-0.2, -0.15) is 0 Å². The van der Waals surface area contributed by atoms with Crippen LogP contribution in [0, 0.1) is 5.92 Å². The van der Waals surface area contributed by atoms with Gasteiger partial charge in [0.25, 0.3) is 0 Å². The molecule has 3 rings (SSSR count). The van der Waals surface area contributed by atoms with E-state index in [0.717, 1.165) is 31.4 Å². The first-order valence-corrected chi connectivity index (χ1v) is 8.54. The zero-order valence-electron chi connectivity index (χ0n) is 13.0. The Kier molecular flexibility index (Phi) is 5.29. The fraction of sp³-hybridized carbons (Fsp3) is 0.368. The van der Waals surface area contributed by atoms with Gasteiger partial charge in [0.15, 0.2) is 0 Å². The standard InChI is InChI=1S/C19H21ClN2O/c20-17-5-7-18(8-6-17)22-19(23)13-14-1-3-15(4-2-14)16-9-11-21-12-10-16/h5-12,14-15H,1-4,13H2,(H,22,23). The minimum atomic E-state index is 0.0969. The number of nitrogens with zero attached hydrogens (tertiary/aromatic N) is 1. The molecule has 1 aliphatic rings. The predicted octanol–water partition coefficient (Wildman–Crippen LogP) is 5.04. The molecule has 4 heteroatoms. The number of hydrogen-bond donors (Lipinski definition) is 1. The Balaban J connectivity index is 1.47. The van der Waals surface area contributed by atoms with Crippen LogP contribution in [-0.4, -0.2) is 10.9 Å². The molecule has 1 N–H and O–H groups in total. The zero-order valence-corrected chi connectivity index (χ0v) is 13.8. The van der Waals surface area contributed by atoms with Gasteiger partial charge in [0.2, 0.25) is 5.91 Å². The van der Waals surface area contributed by atoms with Crippen LogP contribution in [-0.2, 0) is 4.79 Å². The normalized spacial score (nSPS) is 20.9. The lowest BCUT2D eigenvalue weighted by molar-refractivity contribution is -0.117. The van der Waals surface area contributed by atoms with Gasteiger partial charge < -0.3 is 5.32 Å². The lowest BCUT2D eigenvalue weighted by atomic mass is 9.78. The Morgan fingerprint density at radius 2 is 1.70 bits per heavy atom. The third-order valence-corrected chi connectivity index (χ3v) is 4.88. The monoisotopic (exact) mass is 328 g/mol. The molecule has 0 aliphatic heterocycles. The number of pyridine rings is 1. The Morgan fingerprint density at radius 1 is 1.04 bits per heavy atom. The van der Waals surface area contributed by atoms with Crippen LogP contribution >= 0.6 is 11.6 Å². The fourth-order valence-corrected chi connectivity index (χ4v) is 3.47. The van der Waals surface area contributed by atoms with Crippen molar-refractivity contribution in [2.75, 3.05) is 5.32 Å². The summed E-state index contributed by atoms with van der Waals surface area (Å²) in [5.74, 6) is 1.20. The number of rotatable bonds is 4. The van der Waals surface area contributed by atoms with Crippen molar-refractivity contribution in [3.63, 3.8) is 0 Å². The van der Waals surface area contributed by atoms with E-state index in [4.69, 9.17) is 11.6 Å². The van der Waals surface area contributed by atoms with E-state index in [2.05, 4.69) is 22.4 Å². The number of carbonyl (C=O) groups is 1. The minimum Gasteiger partial charge on any atom is -0.326 e. The second-order valence-corrected chi connectivity index (χ2v) is 6.69. The number of nitrogens with one attached hydrogen (secondary N) is 1. The van der Waals surface area contributed by atoms with E-state index in [0.29, 0.717) is 23.3 Å². The van der Waals surface area contributed by atoms with Crippen LogP contribution in [0.5, 0.6) is 0 Å². The first-order chi connectivity index (χ1) is 11.2. The van der Waals surface area contributed by atoms with Gasteiger partial charge in [0.1, 0.15) is 0 Å². The van der Waals surface area contributed by atoms with Crippen LogP contribution in [0.3, 0.4) is 0 Å². The average molecular weight is 329 g/mol. The smallest absolute Gasteiger partial charge is 0.224 e. The molecule has 1 aromatic carbocycles. The van der Waals surface area contributed by atoms with Crippen LogP contribution in [0.1, 0.15) is 43.6 Å². The molecule has 3 nitrogen and oxygen atoms in total. The van der Waals surface area contributed by atoms with E-state index in [1.54, 1.807) is 12.1 Å². The summed E-state index contributed by atoms with van der Waals surface area (Å²) in [5.41, 5.74) is 2.19. The number of aromatic nitrogens is 1. The average Bonchev–Trinajstić information content (AvgIpc) is 2.58. The van der Waals surface area contributed by atoms with Gasteiger partial charge in [-0.3, -0.25) is 9.78 Å².